The molecule has 2 aliphatic rings. The van der Waals surface area contributed by atoms with Crippen molar-refractivity contribution in [2.45, 2.75) is 51.2 Å². The molecule has 0 unspecified atom stereocenters. The number of aromatic nitrogens is 2. The van der Waals surface area contributed by atoms with Gasteiger partial charge in [0.15, 0.2) is 0 Å². The Labute approximate surface area is 200 Å². The van der Waals surface area contributed by atoms with E-state index in [2.05, 4.69) is 58.6 Å². The highest BCUT2D eigenvalue weighted by atomic mass is 32.1. The molecule has 6 heteroatoms. The lowest BCUT2D eigenvalue weighted by atomic mass is 10.0. The summed E-state index contributed by atoms with van der Waals surface area (Å²) in [5.74, 6) is 0.153. The summed E-state index contributed by atoms with van der Waals surface area (Å²) in [5.41, 5.74) is 3.15. The van der Waals surface area contributed by atoms with Crippen LogP contribution in [0.25, 0.3) is 16.6 Å². The number of thiophene rings is 1. The van der Waals surface area contributed by atoms with E-state index in [0.29, 0.717) is 18.6 Å². The molecule has 2 aromatic heterocycles. The van der Waals surface area contributed by atoms with Crippen molar-refractivity contribution in [3.8, 4) is 10.6 Å². The monoisotopic (exact) mass is 460 g/mol. The largest absolute Gasteiger partial charge is 0.333 e. The van der Waals surface area contributed by atoms with E-state index in [9.17, 15) is 4.79 Å². The Morgan fingerprint density at radius 1 is 1.09 bits per heavy atom. The van der Waals surface area contributed by atoms with E-state index >= 15 is 0 Å². The van der Waals surface area contributed by atoms with Gasteiger partial charge in [-0.15, -0.1) is 11.3 Å². The summed E-state index contributed by atoms with van der Waals surface area (Å²) in [5, 5.41) is 6.94. The van der Waals surface area contributed by atoms with Crippen LogP contribution in [0.2, 0.25) is 0 Å². The van der Waals surface area contributed by atoms with Crippen LogP contribution in [0, 0.1) is 0 Å². The van der Waals surface area contributed by atoms with Crippen LogP contribution in [0.3, 0.4) is 0 Å². The van der Waals surface area contributed by atoms with Crippen molar-refractivity contribution in [3.63, 3.8) is 0 Å². The van der Waals surface area contributed by atoms with Gasteiger partial charge in [-0.2, -0.15) is 5.10 Å². The maximum atomic E-state index is 13.3. The summed E-state index contributed by atoms with van der Waals surface area (Å²) in [6, 6.07) is 15.3. The molecule has 5 nitrogen and oxygen atoms in total. The lowest BCUT2D eigenvalue weighted by molar-refractivity contribution is -0.129. The maximum Gasteiger partial charge on any atom is 0.247 e. The lowest BCUT2D eigenvalue weighted by Crippen LogP contribution is -2.47. The van der Waals surface area contributed by atoms with Crippen LogP contribution in [0.4, 0.5) is 0 Å². The Bertz CT molecular complexity index is 1080. The molecule has 1 aromatic carbocycles. The van der Waals surface area contributed by atoms with E-state index in [-0.39, 0.29) is 5.91 Å². The topological polar surface area (TPSA) is 41.4 Å². The van der Waals surface area contributed by atoms with E-state index in [1.54, 1.807) is 17.4 Å². The second-order valence-electron chi connectivity index (χ2n) is 9.07. The standard InChI is InChI=1S/C27H32N4OS/c1-2-29-16-14-24(15-17-29)31(23-11-12-23)26(32)13-10-22-20-30(19-21-7-4-3-5-8-21)28-27(22)25-9-6-18-33-25/h3-10,13,18,20,23-24H,2,11-12,14-17,19H2,1H3/b13-10+. The second kappa shape index (κ2) is 10.1. The first-order valence-corrected chi connectivity index (χ1v) is 13.0. The van der Waals surface area contributed by atoms with Crippen LogP contribution in [-0.2, 0) is 11.3 Å². The molecule has 1 saturated heterocycles. The van der Waals surface area contributed by atoms with Crippen molar-refractivity contribution in [1.29, 1.82) is 0 Å². The first-order chi connectivity index (χ1) is 16.2. The average molecular weight is 461 g/mol. The fourth-order valence-corrected chi connectivity index (χ4v) is 5.52. The molecule has 1 amide bonds. The molecule has 0 bridgehead atoms. The van der Waals surface area contributed by atoms with Gasteiger partial charge in [0.2, 0.25) is 5.91 Å². The zero-order chi connectivity index (χ0) is 22.6. The van der Waals surface area contributed by atoms with Gasteiger partial charge in [-0.3, -0.25) is 9.48 Å². The molecule has 1 aliphatic carbocycles. The Balaban J connectivity index is 1.35. The molecule has 0 atom stereocenters. The molecule has 33 heavy (non-hydrogen) atoms. The summed E-state index contributed by atoms with van der Waals surface area (Å²) < 4.78 is 1.98. The van der Waals surface area contributed by atoms with Gasteiger partial charge in [0.05, 0.1) is 11.4 Å². The number of likely N-dealkylation sites (tertiary alicyclic amines) is 1. The van der Waals surface area contributed by atoms with E-state index in [4.69, 9.17) is 5.10 Å². The molecular weight excluding hydrogens is 428 g/mol. The van der Waals surface area contributed by atoms with Crippen molar-refractivity contribution < 1.29 is 4.79 Å². The van der Waals surface area contributed by atoms with Gasteiger partial charge in [0, 0.05) is 43.0 Å². The minimum atomic E-state index is 0.153. The normalized spacial score (nSPS) is 17.6. The van der Waals surface area contributed by atoms with Crippen LogP contribution in [0.1, 0.15) is 43.7 Å². The molecule has 3 aromatic rings. The molecular formula is C27H32N4OS. The number of nitrogens with zero attached hydrogens (tertiary/aromatic N) is 4. The fourth-order valence-electron chi connectivity index (χ4n) is 4.79. The third-order valence-electron chi connectivity index (χ3n) is 6.73. The highest BCUT2D eigenvalue weighted by Gasteiger charge is 2.37. The summed E-state index contributed by atoms with van der Waals surface area (Å²) in [6.07, 6.45) is 10.3. The average Bonchev–Trinajstić information content (AvgIpc) is 3.36. The van der Waals surface area contributed by atoms with Crippen LogP contribution in [0.5, 0.6) is 0 Å². The van der Waals surface area contributed by atoms with Crippen molar-refractivity contribution >= 4 is 23.3 Å². The van der Waals surface area contributed by atoms with Gasteiger partial charge in [0.25, 0.3) is 0 Å². The van der Waals surface area contributed by atoms with Crippen LogP contribution >= 0.6 is 11.3 Å². The molecule has 3 heterocycles. The zero-order valence-corrected chi connectivity index (χ0v) is 20.1. The molecule has 0 spiro atoms. The number of amides is 1. The number of benzene rings is 1. The number of hydrogen-bond acceptors (Lipinski definition) is 4. The van der Waals surface area contributed by atoms with E-state index in [1.165, 1.54) is 5.56 Å². The third-order valence-corrected chi connectivity index (χ3v) is 7.61. The second-order valence-corrected chi connectivity index (χ2v) is 10.0. The Hall–Kier alpha value is -2.70. The smallest absolute Gasteiger partial charge is 0.247 e. The fraction of sp³-hybridized carbons (Fsp3) is 0.407. The third kappa shape index (κ3) is 5.28. The van der Waals surface area contributed by atoms with E-state index in [0.717, 1.165) is 61.5 Å². The first-order valence-electron chi connectivity index (χ1n) is 12.1. The number of piperidine rings is 1. The van der Waals surface area contributed by atoms with Gasteiger partial charge in [-0.25, -0.2) is 0 Å². The molecule has 5 rings (SSSR count). The minimum Gasteiger partial charge on any atom is -0.333 e. The van der Waals surface area contributed by atoms with Crippen LogP contribution in [0.15, 0.2) is 60.1 Å². The van der Waals surface area contributed by atoms with E-state index in [1.807, 2.05) is 22.9 Å². The van der Waals surface area contributed by atoms with Gasteiger partial charge in [-0.05, 0) is 55.3 Å². The molecule has 1 aliphatic heterocycles. The molecule has 172 valence electrons. The van der Waals surface area contributed by atoms with Crippen molar-refractivity contribution in [3.05, 3.63) is 71.2 Å². The van der Waals surface area contributed by atoms with E-state index < -0.39 is 0 Å². The number of carbonyl (C=O) groups excluding carboxylic acids is 1. The Kier molecular flexibility index (Phi) is 6.74. The molecule has 1 saturated carbocycles. The number of hydrogen-bond donors (Lipinski definition) is 0. The molecule has 0 N–H and O–H groups in total. The van der Waals surface area contributed by atoms with Crippen LogP contribution in [-0.4, -0.2) is 57.2 Å². The van der Waals surface area contributed by atoms with Crippen molar-refractivity contribution in [2.75, 3.05) is 19.6 Å². The Morgan fingerprint density at radius 2 is 1.85 bits per heavy atom. The first kappa shape index (κ1) is 22.1. The number of carbonyl (C=O) groups is 1. The summed E-state index contributed by atoms with van der Waals surface area (Å²) in [6.45, 7) is 6.22. The van der Waals surface area contributed by atoms with Crippen molar-refractivity contribution in [1.82, 2.24) is 19.6 Å². The summed E-state index contributed by atoms with van der Waals surface area (Å²) in [4.78, 5) is 19.1. The predicted octanol–water partition coefficient (Wildman–Crippen LogP) is 5.15. The van der Waals surface area contributed by atoms with Gasteiger partial charge >= 0.3 is 0 Å². The minimum absolute atomic E-state index is 0.153. The number of rotatable bonds is 8. The zero-order valence-electron chi connectivity index (χ0n) is 19.3. The van der Waals surface area contributed by atoms with Gasteiger partial charge in [0.1, 0.15) is 5.69 Å². The predicted molar refractivity (Wildman–Crippen MR) is 135 cm³/mol. The summed E-state index contributed by atoms with van der Waals surface area (Å²) in [7, 11) is 0. The lowest BCUT2D eigenvalue weighted by Gasteiger charge is -2.38. The van der Waals surface area contributed by atoms with Gasteiger partial charge in [-0.1, -0.05) is 43.3 Å². The van der Waals surface area contributed by atoms with Gasteiger partial charge < -0.3 is 9.80 Å². The maximum absolute atomic E-state index is 13.3. The summed E-state index contributed by atoms with van der Waals surface area (Å²) >= 11 is 1.68. The molecule has 2 fully saturated rings. The van der Waals surface area contributed by atoms with Crippen LogP contribution < -0.4 is 0 Å². The highest BCUT2D eigenvalue weighted by molar-refractivity contribution is 7.13. The quantitative estimate of drug-likeness (QED) is 0.437. The van der Waals surface area contributed by atoms with Crippen molar-refractivity contribution in [2.24, 2.45) is 0 Å². The molecule has 0 radical (unpaired) electrons. The highest BCUT2D eigenvalue weighted by Crippen LogP contribution is 2.33. The Morgan fingerprint density at radius 3 is 2.52 bits per heavy atom. The SMILES string of the molecule is CCN1CCC(N(C(=O)/C=C/c2cn(Cc3ccccc3)nc2-c2cccs2)C2CC2)CC1.